The number of carbonyl (C=O) groups is 1. The van der Waals surface area contributed by atoms with Gasteiger partial charge in [0.25, 0.3) is 5.91 Å². The lowest BCUT2D eigenvalue weighted by Crippen LogP contribution is -2.22. The summed E-state index contributed by atoms with van der Waals surface area (Å²) in [6.45, 7) is 0. The van der Waals surface area contributed by atoms with Crippen LogP contribution in [0.15, 0.2) is 47.4 Å². The van der Waals surface area contributed by atoms with E-state index in [1.54, 1.807) is 0 Å². The van der Waals surface area contributed by atoms with Crippen LogP contribution in [0.5, 0.6) is 0 Å². The van der Waals surface area contributed by atoms with Crippen LogP contribution in [-0.2, 0) is 10.0 Å². The Bertz CT molecular complexity index is 854. The van der Waals surface area contributed by atoms with Crippen molar-refractivity contribution in [2.45, 2.75) is 4.90 Å². The molecule has 1 N–H and O–H groups in total. The zero-order chi connectivity index (χ0) is 17.2. The molecule has 0 saturated carbocycles. The maximum absolute atomic E-state index is 13.8. The van der Waals surface area contributed by atoms with E-state index in [0.717, 1.165) is 4.31 Å². The van der Waals surface area contributed by atoms with Crippen LogP contribution in [0.4, 0.5) is 10.1 Å². The van der Waals surface area contributed by atoms with Gasteiger partial charge in [-0.1, -0.05) is 23.7 Å². The van der Waals surface area contributed by atoms with E-state index in [1.165, 1.54) is 56.6 Å². The van der Waals surface area contributed by atoms with Crippen LogP contribution >= 0.6 is 11.6 Å². The van der Waals surface area contributed by atoms with Crippen molar-refractivity contribution < 1.29 is 17.6 Å². The van der Waals surface area contributed by atoms with Gasteiger partial charge in [0.2, 0.25) is 10.0 Å². The fraction of sp³-hybridized carbons (Fsp3) is 0.133. The molecule has 0 fully saturated rings. The smallest absolute Gasteiger partial charge is 0.255 e. The first-order chi connectivity index (χ1) is 10.7. The van der Waals surface area contributed by atoms with Gasteiger partial charge in [0.05, 0.1) is 15.6 Å². The molecular formula is C15H14ClFN2O3S. The van der Waals surface area contributed by atoms with Crippen LogP contribution in [0, 0.1) is 5.82 Å². The van der Waals surface area contributed by atoms with Crippen LogP contribution < -0.4 is 5.32 Å². The maximum atomic E-state index is 13.8. The largest absolute Gasteiger partial charge is 0.319 e. The number of amides is 1. The Morgan fingerprint density at radius 1 is 1.17 bits per heavy atom. The van der Waals surface area contributed by atoms with Crippen molar-refractivity contribution in [3.05, 3.63) is 58.9 Å². The number of benzene rings is 2. The van der Waals surface area contributed by atoms with Gasteiger partial charge in [0, 0.05) is 19.7 Å². The summed E-state index contributed by atoms with van der Waals surface area (Å²) in [5.41, 5.74) is 0.00988. The van der Waals surface area contributed by atoms with E-state index in [2.05, 4.69) is 5.32 Å². The van der Waals surface area contributed by atoms with Crippen molar-refractivity contribution in [2.24, 2.45) is 0 Å². The molecule has 0 aliphatic carbocycles. The Balaban J connectivity index is 2.33. The minimum absolute atomic E-state index is 0.0262. The van der Waals surface area contributed by atoms with Gasteiger partial charge < -0.3 is 5.32 Å². The second-order valence-corrected chi connectivity index (χ2v) is 7.43. The van der Waals surface area contributed by atoms with E-state index >= 15 is 0 Å². The molecular weight excluding hydrogens is 343 g/mol. The lowest BCUT2D eigenvalue weighted by Gasteiger charge is -2.12. The lowest BCUT2D eigenvalue weighted by atomic mass is 10.2. The highest BCUT2D eigenvalue weighted by molar-refractivity contribution is 7.89. The predicted octanol–water partition coefficient (Wildman–Crippen LogP) is 2.98. The molecule has 23 heavy (non-hydrogen) atoms. The average molecular weight is 357 g/mol. The minimum atomic E-state index is -3.66. The van der Waals surface area contributed by atoms with Crippen LogP contribution in [0.2, 0.25) is 5.02 Å². The number of anilines is 1. The number of rotatable bonds is 4. The zero-order valence-corrected chi connectivity index (χ0v) is 14.0. The lowest BCUT2D eigenvalue weighted by molar-refractivity contribution is 0.102. The standard InChI is InChI=1S/C15H14ClFN2O3S/c1-19(2)23(21,22)11-6-3-5-10(9-11)15(20)18-13-8-4-7-12(16)14(13)17/h3-9H,1-2H3,(H,18,20). The molecule has 2 aromatic rings. The molecule has 5 nitrogen and oxygen atoms in total. The number of carbonyl (C=O) groups excluding carboxylic acids is 1. The summed E-state index contributed by atoms with van der Waals surface area (Å²) >= 11 is 5.65. The Morgan fingerprint density at radius 2 is 1.83 bits per heavy atom. The Hall–Kier alpha value is -1.96. The molecule has 0 bridgehead atoms. The van der Waals surface area contributed by atoms with Gasteiger partial charge in [-0.05, 0) is 30.3 Å². The summed E-state index contributed by atoms with van der Waals surface area (Å²) in [5.74, 6) is -1.39. The second-order valence-electron chi connectivity index (χ2n) is 4.87. The van der Waals surface area contributed by atoms with Crippen LogP contribution in [0.1, 0.15) is 10.4 Å². The first-order valence-electron chi connectivity index (χ1n) is 6.51. The van der Waals surface area contributed by atoms with Gasteiger partial charge >= 0.3 is 0 Å². The number of nitrogens with one attached hydrogen (secondary N) is 1. The third kappa shape index (κ3) is 3.69. The number of hydrogen-bond donors (Lipinski definition) is 1. The summed E-state index contributed by atoms with van der Waals surface area (Å²) in [5, 5.41) is 2.25. The van der Waals surface area contributed by atoms with Crippen LogP contribution in [0.3, 0.4) is 0 Å². The third-order valence-corrected chi connectivity index (χ3v) is 5.18. The van der Waals surface area contributed by atoms with Gasteiger partial charge in [0.15, 0.2) is 5.82 Å². The fourth-order valence-electron chi connectivity index (χ4n) is 1.80. The highest BCUT2D eigenvalue weighted by atomic mass is 35.5. The molecule has 2 rings (SSSR count). The van der Waals surface area contributed by atoms with Crippen molar-refractivity contribution >= 4 is 33.2 Å². The molecule has 0 aliphatic heterocycles. The molecule has 0 aliphatic rings. The highest BCUT2D eigenvalue weighted by Gasteiger charge is 2.19. The first-order valence-corrected chi connectivity index (χ1v) is 8.33. The Kier molecular flexibility index (Phi) is 5.03. The minimum Gasteiger partial charge on any atom is -0.319 e. The van der Waals surface area contributed by atoms with Gasteiger partial charge in [0.1, 0.15) is 0 Å². The molecule has 122 valence electrons. The third-order valence-electron chi connectivity index (χ3n) is 3.07. The average Bonchev–Trinajstić information content (AvgIpc) is 2.51. The molecule has 1 amide bonds. The maximum Gasteiger partial charge on any atom is 0.255 e. The SMILES string of the molecule is CN(C)S(=O)(=O)c1cccc(C(=O)Nc2cccc(Cl)c2F)c1. The van der Waals surface area contributed by atoms with Gasteiger partial charge in [-0.2, -0.15) is 0 Å². The van der Waals surface area contributed by atoms with Crippen molar-refractivity contribution in [1.29, 1.82) is 0 Å². The topological polar surface area (TPSA) is 66.5 Å². The molecule has 0 atom stereocenters. The van der Waals surface area contributed by atoms with Crippen LogP contribution in [-0.4, -0.2) is 32.7 Å². The molecule has 0 aromatic heterocycles. The number of halogens is 2. The first kappa shape index (κ1) is 17.4. The highest BCUT2D eigenvalue weighted by Crippen LogP contribution is 2.23. The molecule has 0 unspecified atom stereocenters. The van der Waals surface area contributed by atoms with Crippen molar-refractivity contribution in [3.8, 4) is 0 Å². The van der Waals surface area contributed by atoms with Gasteiger partial charge in [-0.15, -0.1) is 0 Å². The number of nitrogens with zero attached hydrogens (tertiary/aromatic N) is 1. The van der Waals surface area contributed by atoms with E-state index in [0.29, 0.717) is 0 Å². The van der Waals surface area contributed by atoms with Gasteiger partial charge in [-0.3, -0.25) is 4.79 Å². The fourth-order valence-corrected chi connectivity index (χ4v) is 2.93. The van der Waals surface area contributed by atoms with Gasteiger partial charge in [-0.25, -0.2) is 17.1 Å². The molecule has 0 saturated heterocycles. The molecule has 0 spiro atoms. The quantitative estimate of drug-likeness (QED) is 0.915. The van der Waals surface area contributed by atoms with Crippen molar-refractivity contribution in [1.82, 2.24) is 4.31 Å². The second kappa shape index (κ2) is 6.66. The van der Waals surface area contributed by atoms with E-state index in [-0.39, 0.29) is 21.2 Å². The number of hydrogen-bond acceptors (Lipinski definition) is 3. The van der Waals surface area contributed by atoms with Crippen LogP contribution in [0.25, 0.3) is 0 Å². The Morgan fingerprint density at radius 3 is 2.48 bits per heavy atom. The van der Waals surface area contributed by atoms with E-state index in [4.69, 9.17) is 11.6 Å². The summed E-state index contributed by atoms with van der Waals surface area (Å²) in [6.07, 6.45) is 0. The monoisotopic (exact) mass is 356 g/mol. The van der Waals surface area contributed by atoms with Crippen molar-refractivity contribution in [3.63, 3.8) is 0 Å². The van der Waals surface area contributed by atoms with E-state index < -0.39 is 21.7 Å². The summed E-state index contributed by atoms with van der Waals surface area (Å²) in [6, 6.07) is 9.70. The number of sulfonamides is 1. The summed E-state index contributed by atoms with van der Waals surface area (Å²) in [7, 11) is -0.878. The Labute approximate surface area is 138 Å². The summed E-state index contributed by atoms with van der Waals surface area (Å²) < 4.78 is 39.0. The van der Waals surface area contributed by atoms with E-state index in [9.17, 15) is 17.6 Å². The molecule has 0 radical (unpaired) electrons. The normalized spacial score (nSPS) is 11.5. The zero-order valence-electron chi connectivity index (χ0n) is 12.4. The van der Waals surface area contributed by atoms with Crippen molar-refractivity contribution in [2.75, 3.05) is 19.4 Å². The van der Waals surface area contributed by atoms with E-state index in [1.807, 2.05) is 0 Å². The molecule has 0 heterocycles. The summed E-state index contributed by atoms with van der Waals surface area (Å²) in [4.78, 5) is 12.2. The molecule has 8 heteroatoms. The predicted molar refractivity (Wildman–Crippen MR) is 86.7 cm³/mol. The molecule has 2 aromatic carbocycles.